The third-order valence-electron chi connectivity index (χ3n) is 5.27. The van der Waals surface area contributed by atoms with Crippen molar-refractivity contribution < 1.29 is 18.4 Å². The number of pyridine rings is 1. The fraction of sp³-hybridized carbons (Fsp3) is 0.400. The highest BCUT2D eigenvalue weighted by atomic mass is 32.2. The van der Waals surface area contributed by atoms with Crippen molar-refractivity contribution in [3.63, 3.8) is 0 Å². The van der Waals surface area contributed by atoms with Gasteiger partial charge in [-0.15, -0.1) is 11.8 Å². The summed E-state index contributed by atoms with van der Waals surface area (Å²) in [4.78, 5) is 32.5. The van der Waals surface area contributed by atoms with Crippen LogP contribution in [0.15, 0.2) is 30.5 Å². The average molecular weight is 431 g/mol. The predicted molar refractivity (Wildman–Crippen MR) is 110 cm³/mol. The standard InChI is InChI=1S/C20H19F2N5O2S/c21-9-20(22)10-26(11-20)13-1-2-17-16(5-13)15(3-4-24-17)19(29)25-7-18(28)27-12-30-8-14(27)6-23/h1-5,14H,7-12H2,(H,25,29). The largest absolute Gasteiger partial charge is 0.365 e. The Labute approximate surface area is 176 Å². The van der Waals surface area contributed by atoms with Crippen LogP contribution in [0.4, 0.5) is 14.5 Å². The first-order valence-electron chi connectivity index (χ1n) is 9.38. The van der Waals surface area contributed by atoms with E-state index in [9.17, 15) is 18.4 Å². The number of thioether (sulfide) groups is 1. The fourth-order valence-electron chi connectivity index (χ4n) is 3.58. The van der Waals surface area contributed by atoms with Crippen molar-refractivity contribution in [1.29, 1.82) is 5.26 Å². The van der Waals surface area contributed by atoms with Crippen molar-refractivity contribution in [2.45, 2.75) is 11.7 Å². The Morgan fingerprint density at radius 2 is 2.17 bits per heavy atom. The van der Waals surface area contributed by atoms with Gasteiger partial charge in [0, 0.05) is 23.0 Å². The van der Waals surface area contributed by atoms with E-state index in [0.29, 0.717) is 33.8 Å². The van der Waals surface area contributed by atoms with E-state index in [2.05, 4.69) is 16.4 Å². The lowest BCUT2D eigenvalue weighted by Gasteiger charge is -2.44. The monoisotopic (exact) mass is 431 g/mol. The molecule has 4 rings (SSSR count). The molecule has 30 heavy (non-hydrogen) atoms. The molecule has 1 atom stereocenters. The minimum atomic E-state index is -1.82. The Hall–Kier alpha value is -2.93. The highest BCUT2D eigenvalue weighted by Crippen LogP contribution is 2.33. The van der Waals surface area contributed by atoms with Crippen molar-refractivity contribution in [3.8, 4) is 6.07 Å². The number of alkyl halides is 2. The van der Waals surface area contributed by atoms with Gasteiger partial charge in [0.15, 0.2) is 5.67 Å². The zero-order valence-electron chi connectivity index (χ0n) is 16.0. The molecule has 2 aromatic rings. The summed E-state index contributed by atoms with van der Waals surface area (Å²) in [7, 11) is 0. The van der Waals surface area contributed by atoms with Crippen LogP contribution in [-0.4, -0.2) is 71.3 Å². The Bertz CT molecular complexity index is 1040. The van der Waals surface area contributed by atoms with Gasteiger partial charge in [-0.25, -0.2) is 8.78 Å². The number of halogens is 2. The van der Waals surface area contributed by atoms with Gasteiger partial charge >= 0.3 is 0 Å². The molecule has 2 aliphatic rings. The maximum Gasteiger partial charge on any atom is 0.252 e. The van der Waals surface area contributed by atoms with Crippen LogP contribution in [-0.2, 0) is 4.79 Å². The van der Waals surface area contributed by atoms with Gasteiger partial charge in [0.25, 0.3) is 5.91 Å². The first kappa shape index (κ1) is 20.3. The number of amides is 2. The first-order valence-corrected chi connectivity index (χ1v) is 10.5. The predicted octanol–water partition coefficient (Wildman–Crippen LogP) is 1.89. The molecule has 2 saturated heterocycles. The number of fused-ring (bicyclic) bond motifs is 1. The smallest absolute Gasteiger partial charge is 0.252 e. The minimum absolute atomic E-state index is 0.0425. The SMILES string of the molecule is N#CC1CSCN1C(=O)CNC(=O)c1ccnc2ccc(N3CC(F)(CF)C3)cc12. The van der Waals surface area contributed by atoms with Crippen molar-refractivity contribution in [1.82, 2.24) is 15.2 Å². The van der Waals surface area contributed by atoms with E-state index in [1.807, 2.05) is 0 Å². The summed E-state index contributed by atoms with van der Waals surface area (Å²) < 4.78 is 26.6. The van der Waals surface area contributed by atoms with Gasteiger partial charge in [-0.05, 0) is 24.3 Å². The van der Waals surface area contributed by atoms with Crippen LogP contribution in [0.3, 0.4) is 0 Å². The van der Waals surface area contributed by atoms with E-state index >= 15 is 0 Å². The van der Waals surface area contributed by atoms with Gasteiger partial charge in [-0.1, -0.05) is 0 Å². The average Bonchev–Trinajstić information content (AvgIpc) is 3.23. The highest BCUT2D eigenvalue weighted by molar-refractivity contribution is 7.99. The van der Waals surface area contributed by atoms with Crippen LogP contribution >= 0.6 is 11.8 Å². The molecule has 0 spiro atoms. The molecule has 1 N–H and O–H groups in total. The van der Waals surface area contributed by atoms with Crippen molar-refractivity contribution in [2.24, 2.45) is 0 Å². The number of carbonyl (C=O) groups excluding carboxylic acids is 2. The van der Waals surface area contributed by atoms with E-state index in [-0.39, 0.29) is 25.5 Å². The fourth-order valence-corrected chi connectivity index (χ4v) is 4.69. The molecule has 0 saturated carbocycles. The zero-order chi connectivity index (χ0) is 21.3. The third kappa shape index (κ3) is 3.77. The number of aromatic nitrogens is 1. The van der Waals surface area contributed by atoms with Gasteiger partial charge in [0.05, 0.1) is 42.7 Å². The number of nitriles is 1. The van der Waals surface area contributed by atoms with Crippen LogP contribution in [0, 0.1) is 11.3 Å². The maximum absolute atomic E-state index is 13.9. The quantitative estimate of drug-likeness (QED) is 0.778. The molecular weight excluding hydrogens is 412 g/mol. The third-order valence-corrected chi connectivity index (χ3v) is 6.29. The molecule has 2 amide bonds. The molecule has 1 aromatic carbocycles. The number of hydrogen-bond acceptors (Lipinski definition) is 6. The summed E-state index contributed by atoms with van der Waals surface area (Å²) in [5, 5.41) is 12.3. The Balaban J connectivity index is 1.49. The lowest BCUT2D eigenvalue weighted by Crippen LogP contribution is -2.60. The van der Waals surface area contributed by atoms with Gasteiger partial charge in [-0.3, -0.25) is 14.6 Å². The van der Waals surface area contributed by atoms with E-state index < -0.39 is 24.3 Å². The number of nitrogens with zero attached hydrogens (tertiary/aromatic N) is 4. The second-order valence-electron chi connectivity index (χ2n) is 7.39. The summed E-state index contributed by atoms with van der Waals surface area (Å²) >= 11 is 1.50. The lowest BCUT2D eigenvalue weighted by molar-refractivity contribution is -0.129. The molecule has 7 nitrogen and oxygen atoms in total. The molecule has 3 heterocycles. The van der Waals surface area contributed by atoms with Crippen molar-refractivity contribution >= 4 is 40.2 Å². The summed E-state index contributed by atoms with van der Waals surface area (Å²) in [5.41, 5.74) is -0.233. The molecule has 0 aliphatic carbocycles. The lowest BCUT2D eigenvalue weighted by atomic mass is 9.96. The molecule has 0 bridgehead atoms. The Morgan fingerprint density at radius 3 is 2.90 bits per heavy atom. The molecule has 0 radical (unpaired) electrons. The number of carbonyl (C=O) groups is 2. The van der Waals surface area contributed by atoms with Crippen LogP contribution in [0.1, 0.15) is 10.4 Å². The van der Waals surface area contributed by atoms with Gasteiger partial charge in [-0.2, -0.15) is 5.26 Å². The highest BCUT2D eigenvalue weighted by Gasteiger charge is 2.43. The van der Waals surface area contributed by atoms with E-state index in [1.54, 1.807) is 29.2 Å². The number of nitrogens with one attached hydrogen (secondary N) is 1. The Kier molecular flexibility index (Phi) is 5.47. The van der Waals surface area contributed by atoms with E-state index in [0.717, 1.165) is 0 Å². The van der Waals surface area contributed by atoms with Crippen molar-refractivity contribution in [2.75, 3.05) is 42.8 Å². The second-order valence-corrected chi connectivity index (χ2v) is 8.39. The van der Waals surface area contributed by atoms with Crippen LogP contribution in [0.25, 0.3) is 10.9 Å². The van der Waals surface area contributed by atoms with E-state index in [4.69, 9.17) is 5.26 Å². The van der Waals surface area contributed by atoms with E-state index in [1.165, 1.54) is 22.9 Å². The van der Waals surface area contributed by atoms with Crippen LogP contribution in [0.5, 0.6) is 0 Å². The number of benzene rings is 1. The van der Waals surface area contributed by atoms with Crippen LogP contribution < -0.4 is 10.2 Å². The molecule has 156 valence electrons. The Morgan fingerprint density at radius 1 is 1.37 bits per heavy atom. The van der Waals surface area contributed by atoms with Crippen LogP contribution in [0.2, 0.25) is 0 Å². The maximum atomic E-state index is 13.9. The molecule has 10 heteroatoms. The molecule has 1 aromatic heterocycles. The second kappa shape index (κ2) is 8.07. The number of anilines is 1. The van der Waals surface area contributed by atoms with Gasteiger partial charge < -0.3 is 15.1 Å². The number of hydrogen-bond donors (Lipinski definition) is 1. The van der Waals surface area contributed by atoms with Gasteiger partial charge in [0.2, 0.25) is 5.91 Å². The molecule has 1 unspecified atom stereocenters. The summed E-state index contributed by atoms with van der Waals surface area (Å²) in [6.45, 7) is -1.32. The van der Waals surface area contributed by atoms with Gasteiger partial charge in [0.1, 0.15) is 12.7 Å². The molecule has 2 fully saturated rings. The first-order chi connectivity index (χ1) is 14.4. The summed E-state index contributed by atoms with van der Waals surface area (Å²) in [6.07, 6.45) is 1.50. The zero-order valence-corrected chi connectivity index (χ0v) is 16.8. The normalized spacial score (nSPS) is 20.0. The number of rotatable bonds is 5. The molecular formula is C20H19F2N5O2S. The minimum Gasteiger partial charge on any atom is -0.365 e. The topological polar surface area (TPSA) is 89.3 Å². The summed E-state index contributed by atoms with van der Waals surface area (Å²) in [6, 6.07) is 8.35. The van der Waals surface area contributed by atoms with Crippen molar-refractivity contribution in [3.05, 3.63) is 36.0 Å². The molecule has 2 aliphatic heterocycles. The summed E-state index contributed by atoms with van der Waals surface area (Å²) in [5.74, 6) is 0.234.